The summed E-state index contributed by atoms with van der Waals surface area (Å²) < 4.78 is 0. The van der Waals surface area contributed by atoms with Gasteiger partial charge in [-0.1, -0.05) is 83.0 Å². The van der Waals surface area contributed by atoms with Gasteiger partial charge in [0.1, 0.15) is 0 Å². The van der Waals surface area contributed by atoms with Gasteiger partial charge in [-0.25, -0.2) is 0 Å². The largest absolute Gasteiger partial charge is 0.334 e. The topological polar surface area (TPSA) is 3.24 Å². The van der Waals surface area contributed by atoms with E-state index in [0.29, 0.717) is 6.04 Å². The van der Waals surface area contributed by atoms with Crippen LogP contribution in [0.15, 0.2) is 96.1 Å². The fourth-order valence-corrected chi connectivity index (χ4v) is 3.92. The Hall–Kier alpha value is -3.06. The van der Waals surface area contributed by atoms with Crippen LogP contribution in [0.1, 0.15) is 31.4 Å². The van der Waals surface area contributed by atoms with Gasteiger partial charge in [0.15, 0.2) is 0 Å². The van der Waals surface area contributed by atoms with Gasteiger partial charge in [0.2, 0.25) is 0 Å². The molecule has 0 saturated heterocycles. The molecule has 1 aliphatic carbocycles. The van der Waals surface area contributed by atoms with Crippen LogP contribution < -0.4 is 4.90 Å². The van der Waals surface area contributed by atoms with Gasteiger partial charge in [0, 0.05) is 11.4 Å². The molecule has 1 heteroatoms. The number of aryl methyl sites for hydroxylation is 2. The Morgan fingerprint density at radius 3 is 1.55 bits per heavy atom. The third-order valence-corrected chi connectivity index (χ3v) is 5.90. The minimum atomic E-state index is 0.326. The van der Waals surface area contributed by atoms with Crippen molar-refractivity contribution in [1.29, 1.82) is 0 Å². The van der Waals surface area contributed by atoms with Gasteiger partial charge in [-0.3, -0.25) is 0 Å². The summed E-state index contributed by atoms with van der Waals surface area (Å²) in [6.07, 6.45) is 5.79. The smallest absolute Gasteiger partial charge is 0.0562 e. The average molecular weight is 380 g/mol. The fraction of sp³-hybridized carbons (Fsp3) is 0.214. The summed E-state index contributed by atoms with van der Waals surface area (Å²) in [5.74, 6) is 0. The molecule has 0 fully saturated rings. The fourth-order valence-electron chi connectivity index (χ4n) is 3.92. The molecule has 146 valence electrons. The Morgan fingerprint density at radius 1 is 0.586 bits per heavy atom. The highest BCUT2D eigenvalue weighted by Gasteiger charge is 2.21. The maximum Gasteiger partial charge on any atom is 0.0562 e. The van der Waals surface area contributed by atoms with E-state index in [1.54, 1.807) is 0 Å². The van der Waals surface area contributed by atoms with Crippen LogP contribution in [0.2, 0.25) is 0 Å². The molecule has 1 aliphatic rings. The van der Waals surface area contributed by atoms with Gasteiger partial charge in [-0.15, -0.1) is 0 Å². The van der Waals surface area contributed by atoms with E-state index < -0.39 is 0 Å². The summed E-state index contributed by atoms with van der Waals surface area (Å²) in [5, 5.41) is 0. The number of benzene rings is 3. The van der Waals surface area contributed by atoms with Gasteiger partial charge in [0.05, 0.1) is 6.04 Å². The van der Waals surface area contributed by atoms with Crippen LogP contribution in [0.5, 0.6) is 0 Å². The molecule has 4 rings (SSSR count). The van der Waals surface area contributed by atoms with Crippen molar-refractivity contribution >= 4 is 11.4 Å². The number of anilines is 2. The van der Waals surface area contributed by atoms with Crippen molar-refractivity contribution in [3.8, 4) is 11.1 Å². The standard InChI is InChI=1S/C28H29N/c1-20-5-10-24(11-6-20)25-12-17-27(18-13-25)29(26-14-7-21(2)8-15-26)28-16-9-22(3)23(4)19-28/h5-15,17-19,28H,16H2,1-4H3. The first-order valence-corrected chi connectivity index (χ1v) is 10.4. The van der Waals surface area contributed by atoms with Gasteiger partial charge in [-0.2, -0.15) is 0 Å². The van der Waals surface area contributed by atoms with Crippen molar-refractivity contribution in [3.63, 3.8) is 0 Å². The summed E-state index contributed by atoms with van der Waals surface area (Å²) >= 11 is 0. The molecule has 0 amide bonds. The highest BCUT2D eigenvalue weighted by Crippen LogP contribution is 2.34. The lowest BCUT2D eigenvalue weighted by Crippen LogP contribution is -2.30. The zero-order valence-corrected chi connectivity index (χ0v) is 17.8. The van der Waals surface area contributed by atoms with E-state index >= 15 is 0 Å². The van der Waals surface area contributed by atoms with Crippen LogP contribution >= 0.6 is 0 Å². The Bertz CT molecular complexity index is 1030. The number of rotatable bonds is 4. The van der Waals surface area contributed by atoms with E-state index in [4.69, 9.17) is 0 Å². The second-order valence-electron chi connectivity index (χ2n) is 8.16. The molecule has 0 radical (unpaired) electrons. The SMILES string of the molecule is CC1=CCC(N(c2ccc(C)cc2)c2ccc(-c3ccc(C)cc3)cc2)C=C1C. The van der Waals surface area contributed by atoms with Crippen LogP contribution in [0.3, 0.4) is 0 Å². The summed E-state index contributed by atoms with van der Waals surface area (Å²) in [7, 11) is 0. The third-order valence-electron chi connectivity index (χ3n) is 5.90. The molecular weight excluding hydrogens is 350 g/mol. The molecule has 0 aromatic heterocycles. The van der Waals surface area contributed by atoms with Crippen molar-refractivity contribution in [2.24, 2.45) is 0 Å². The van der Waals surface area contributed by atoms with Gasteiger partial charge < -0.3 is 4.90 Å². The number of nitrogens with zero attached hydrogens (tertiary/aromatic N) is 1. The number of hydrogen-bond acceptors (Lipinski definition) is 1. The maximum atomic E-state index is 2.46. The summed E-state index contributed by atoms with van der Waals surface area (Å²) in [6, 6.07) is 26.9. The molecule has 3 aromatic rings. The summed E-state index contributed by atoms with van der Waals surface area (Å²) in [4.78, 5) is 2.46. The first-order valence-electron chi connectivity index (χ1n) is 10.4. The van der Waals surface area contributed by atoms with Crippen molar-refractivity contribution in [2.45, 2.75) is 40.2 Å². The van der Waals surface area contributed by atoms with E-state index in [9.17, 15) is 0 Å². The third kappa shape index (κ3) is 4.19. The predicted octanol–water partition coefficient (Wildman–Crippen LogP) is 7.77. The molecule has 0 aliphatic heterocycles. The van der Waals surface area contributed by atoms with Crippen LogP contribution in [-0.2, 0) is 0 Å². The van der Waals surface area contributed by atoms with Gasteiger partial charge in [-0.05, 0) is 69.5 Å². The number of hydrogen-bond donors (Lipinski definition) is 0. The van der Waals surface area contributed by atoms with Crippen molar-refractivity contribution in [2.75, 3.05) is 4.90 Å². The molecule has 0 bridgehead atoms. The normalized spacial score (nSPS) is 16.2. The minimum absolute atomic E-state index is 0.326. The first kappa shape index (κ1) is 19.3. The molecule has 1 atom stereocenters. The van der Waals surface area contributed by atoms with E-state index in [0.717, 1.165) is 6.42 Å². The molecule has 1 nitrogen and oxygen atoms in total. The quantitative estimate of drug-likeness (QED) is 0.447. The molecule has 0 saturated carbocycles. The summed E-state index contributed by atoms with van der Waals surface area (Å²) in [5.41, 5.74) is 10.3. The molecule has 3 aromatic carbocycles. The first-order chi connectivity index (χ1) is 14.0. The molecule has 0 heterocycles. The van der Waals surface area contributed by atoms with E-state index in [-0.39, 0.29) is 0 Å². The lowest BCUT2D eigenvalue weighted by atomic mass is 9.95. The van der Waals surface area contributed by atoms with Crippen molar-refractivity contribution in [1.82, 2.24) is 0 Å². The molecule has 29 heavy (non-hydrogen) atoms. The van der Waals surface area contributed by atoms with E-state index in [1.807, 2.05) is 0 Å². The lowest BCUT2D eigenvalue weighted by Gasteiger charge is -2.34. The highest BCUT2D eigenvalue weighted by molar-refractivity contribution is 5.71. The van der Waals surface area contributed by atoms with Crippen molar-refractivity contribution < 1.29 is 0 Å². The minimum Gasteiger partial charge on any atom is -0.334 e. The second kappa shape index (κ2) is 8.13. The number of allylic oxidation sites excluding steroid dienone is 2. The monoisotopic (exact) mass is 379 g/mol. The van der Waals surface area contributed by atoms with Gasteiger partial charge >= 0.3 is 0 Å². The zero-order chi connectivity index (χ0) is 20.4. The molecular formula is C28H29N. The molecule has 1 unspecified atom stereocenters. The second-order valence-corrected chi connectivity index (χ2v) is 8.16. The Kier molecular flexibility index (Phi) is 5.40. The van der Waals surface area contributed by atoms with Crippen molar-refractivity contribution in [3.05, 3.63) is 107 Å². The summed E-state index contributed by atoms with van der Waals surface area (Å²) in [6.45, 7) is 8.68. The molecule has 0 spiro atoms. The predicted molar refractivity (Wildman–Crippen MR) is 126 cm³/mol. The Labute approximate surface area is 175 Å². The van der Waals surface area contributed by atoms with Gasteiger partial charge in [0.25, 0.3) is 0 Å². The average Bonchev–Trinajstić information content (AvgIpc) is 2.73. The van der Waals surface area contributed by atoms with Crippen LogP contribution in [0.4, 0.5) is 11.4 Å². The lowest BCUT2D eigenvalue weighted by molar-refractivity contribution is 0.770. The highest BCUT2D eigenvalue weighted by atomic mass is 15.2. The van der Waals surface area contributed by atoms with Crippen LogP contribution in [0, 0.1) is 13.8 Å². The van der Waals surface area contributed by atoms with E-state index in [2.05, 4.69) is 118 Å². The van der Waals surface area contributed by atoms with E-state index in [1.165, 1.54) is 44.8 Å². The Morgan fingerprint density at radius 2 is 1.03 bits per heavy atom. The maximum absolute atomic E-state index is 2.46. The molecule has 0 N–H and O–H groups in total. The zero-order valence-electron chi connectivity index (χ0n) is 17.8. The Balaban J connectivity index is 1.71. The van der Waals surface area contributed by atoms with Crippen LogP contribution in [0.25, 0.3) is 11.1 Å². The van der Waals surface area contributed by atoms with Crippen LogP contribution in [-0.4, -0.2) is 6.04 Å².